The molecule has 1 aromatic carbocycles. The summed E-state index contributed by atoms with van der Waals surface area (Å²) in [6.45, 7) is 6.68. The number of rotatable bonds is 8. The van der Waals surface area contributed by atoms with Crippen LogP contribution in [0.5, 0.6) is 5.75 Å². The lowest BCUT2D eigenvalue weighted by Gasteiger charge is -2.28. The Morgan fingerprint density at radius 3 is 2.56 bits per heavy atom. The Hall–Kier alpha value is -1.83. The van der Waals surface area contributed by atoms with Crippen molar-refractivity contribution in [3.63, 3.8) is 0 Å². The first-order valence-electron chi connectivity index (χ1n) is 9.51. The molecule has 0 aliphatic carbocycles. The second-order valence-corrected chi connectivity index (χ2v) is 8.78. The molecule has 6 nitrogen and oxygen atoms in total. The molecule has 0 spiro atoms. The van der Waals surface area contributed by atoms with Crippen molar-refractivity contribution >= 4 is 10.0 Å². The molecule has 0 saturated carbocycles. The molecule has 0 bridgehead atoms. The lowest BCUT2D eigenvalue weighted by atomic mass is 10.2. The Kier molecular flexibility index (Phi) is 6.24. The van der Waals surface area contributed by atoms with Gasteiger partial charge in [0.25, 0.3) is 0 Å². The van der Waals surface area contributed by atoms with Gasteiger partial charge in [0.2, 0.25) is 10.0 Å². The van der Waals surface area contributed by atoms with Crippen LogP contribution in [-0.2, 0) is 17.1 Å². The highest BCUT2D eigenvalue weighted by molar-refractivity contribution is 7.89. The molecule has 0 unspecified atom stereocenters. The number of hydrogen-bond donors (Lipinski definition) is 1. The van der Waals surface area contributed by atoms with E-state index in [0.717, 1.165) is 42.9 Å². The van der Waals surface area contributed by atoms with E-state index in [0.29, 0.717) is 13.2 Å². The maximum absolute atomic E-state index is 12.9. The van der Waals surface area contributed by atoms with E-state index >= 15 is 0 Å². The van der Waals surface area contributed by atoms with Crippen molar-refractivity contribution in [3.8, 4) is 5.75 Å². The smallest absolute Gasteiger partial charge is 0.240 e. The van der Waals surface area contributed by atoms with Crippen LogP contribution in [0.2, 0.25) is 0 Å². The Labute approximate surface area is 162 Å². The molecule has 1 saturated heterocycles. The van der Waals surface area contributed by atoms with Gasteiger partial charge in [-0.2, -0.15) is 0 Å². The molecule has 2 aromatic rings. The monoisotopic (exact) mass is 391 g/mol. The summed E-state index contributed by atoms with van der Waals surface area (Å²) >= 11 is 0. The van der Waals surface area contributed by atoms with Gasteiger partial charge in [0.05, 0.1) is 17.5 Å². The van der Waals surface area contributed by atoms with Gasteiger partial charge in [-0.05, 0) is 75.7 Å². The molecule has 27 heavy (non-hydrogen) atoms. The van der Waals surface area contributed by atoms with Crippen LogP contribution in [0.25, 0.3) is 0 Å². The summed E-state index contributed by atoms with van der Waals surface area (Å²) in [5.41, 5.74) is 1.95. The zero-order valence-electron chi connectivity index (χ0n) is 16.3. The number of nitrogens with one attached hydrogen (secondary N) is 1. The molecule has 1 N–H and O–H groups in total. The maximum Gasteiger partial charge on any atom is 0.240 e. The largest absolute Gasteiger partial charge is 0.494 e. The van der Waals surface area contributed by atoms with Crippen molar-refractivity contribution < 1.29 is 13.2 Å². The highest BCUT2D eigenvalue weighted by Crippen LogP contribution is 2.26. The van der Waals surface area contributed by atoms with Gasteiger partial charge in [-0.25, -0.2) is 13.1 Å². The van der Waals surface area contributed by atoms with Gasteiger partial charge in [-0.1, -0.05) is 0 Å². The molecule has 1 fully saturated rings. The lowest BCUT2D eigenvalue weighted by molar-refractivity contribution is 0.238. The van der Waals surface area contributed by atoms with Gasteiger partial charge in [0.1, 0.15) is 5.75 Å². The summed E-state index contributed by atoms with van der Waals surface area (Å²) < 4.78 is 36.1. The van der Waals surface area contributed by atoms with E-state index in [1.807, 2.05) is 33.2 Å². The fourth-order valence-electron chi connectivity index (χ4n) is 3.67. The molecule has 3 rings (SSSR count). The van der Waals surface area contributed by atoms with E-state index in [-0.39, 0.29) is 10.9 Å². The van der Waals surface area contributed by atoms with E-state index in [2.05, 4.69) is 20.3 Å². The summed E-state index contributed by atoms with van der Waals surface area (Å²) in [7, 11) is -1.58. The Bertz CT molecular complexity index is 870. The van der Waals surface area contributed by atoms with E-state index in [1.54, 1.807) is 18.2 Å². The fourth-order valence-corrected chi connectivity index (χ4v) is 4.80. The molecule has 148 valence electrons. The van der Waals surface area contributed by atoms with Gasteiger partial charge in [-0.15, -0.1) is 0 Å². The molecule has 1 aliphatic heterocycles. The molecule has 1 aliphatic rings. The predicted octanol–water partition coefficient (Wildman–Crippen LogP) is 2.85. The normalized spacial score (nSPS) is 16.6. The van der Waals surface area contributed by atoms with E-state index < -0.39 is 10.0 Å². The lowest BCUT2D eigenvalue weighted by Crippen LogP contribution is -2.37. The topological polar surface area (TPSA) is 63.6 Å². The minimum absolute atomic E-state index is 0.0334. The predicted molar refractivity (Wildman–Crippen MR) is 106 cm³/mol. The summed E-state index contributed by atoms with van der Waals surface area (Å²) in [5, 5.41) is 0. The second-order valence-electron chi connectivity index (χ2n) is 7.02. The van der Waals surface area contributed by atoms with Gasteiger partial charge in [0, 0.05) is 25.5 Å². The van der Waals surface area contributed by atoms with Crippen molar-refractivity contribution in [2.24, 2.45) is 7.05 Å². The third-order valence-electron chi connectivity index (χ3n) is 5.13. The van der Waals surface area contributed by atoms with Crippen LogP contribution in [0, 0.1) is 6.92 Å². The first kappa shape index (κ1) is 19.9. The summed E-state index contributed by atoms with van der Waals surface area (Å²) in [5.74, 6) is 0.718. The van der Waals surface area contributed by atoms with E-state index in [9.17, 15) is 8.42 Å². The number of sulfonamides is 1. The van der Waals surface area contributed by atoms with Crippen molar-refractivity contribution in [2.45, 2.75) is 37.6 Å². The maximum atomic E-state index is 12.9. The molecule has 0 radical (unpaired) electrons. The quantitative estimate of drug-likeness (QED) is 0.752. The third kappa shape index (κ3) is 4.54. The summed E-state index contributed by atoms with van der Waals surface area (Å²) in [4.78, 5) is 2.64. The first-order valence-corrected chi connectivity index (χ1v) is 11.0. The standard InChI is InChI=1S/C20H29N3O3S/c1-4-26-20-10-9-17(14-16(20)2)27(24,25)21-15-19(23-12-5-6-13-23)18-8-7-11-22(18)3/h7-11,14,19,21H,4-6,12-13,15H2,1-3H3/t19-/m1/s1. The number of hydrogen-bond acceptors (Lipinski definition) is 4. The van der Waals surface area contributed by atoms with Crippen molar-refractivity contribution in [1.82, 2.24) is 14.2 Å². The van der Waals surface area contributed by atoms with Crippen LogP contribution in [-0.4, -0.2) is 44.1 Å². The number of benzene rings is 1. The van der Waals surface area contributed by atoms with Crippen molar-refractivity contribution in [1.29, 1.82) is 0 Å². The average Bonchev–Trinajstić information content (AvgIpc) is 3.30. The van der Waals surface area contributed by atoms with Crippen LogP contribution < -0.4 is 9.46 Å². The minimum atomic E-state index is -3.58. The van der Waals surface area contributed by atoms with Gasteiger partial charge < -0.3 is 9.30 Å². The van der Waals surface area contributed by atoms with Crippen molar-refractivity contribution in [2.75, 3.05) is 26.2 Å². The van der Waals surface area contributed by atoms with Crippen molar-refractivity contribution in [3.05, 3.63) is 47.8 Å². The molecule has 1 aromatic heterocycles. The molecule has 1 atom stereocenters. The van der Waals surface area contributed by atoms with Crippen LogP contribution in [0.4, 0.5) is 0 Å². The van der Waals surface area contributed by atoms with Gasteiger partial charge in [-0.3, -0.25) is 4.90 Å². The van der Waals surface area contributed by atoms with Gasteiger partial charge in [0.15, 0.2) is 0 Å². The number of nitrogens with zero attached hydrogens (tertiary/aromatic N) is 2. The second kappa shape index (κ2) is 8.46. The highest BCUT2D eigenvalue weighted by atomic mass is 32.2. The van der Waals surface area contributed by atoms with Gasteiger partial charge >= 0.3 is 0 Å². The Morgan fingerprint density at radius 2 is 1.96 bits per heavy atom. The molecular formula is C20H29N3O3S. The SMILES string of the molecule is CCOc1ccc(S(=O)(=O)NC[C@H](c2cccn2C)N2CCCC2)cc1C. The van der Waals surface area contributed by atoms with Crippen LogP contribution in [0.3, 0.4) is 0 Å². The van der Waals surface area contributed by atoms with E-state index in [1.165, 1.54) is 0 Å². The Balaban J connectivity index is 1.77. The summed E-state index contributed by atoms with van der Waals surface area (Å²) in [6, 6.07) is 9.10. The fraction of sp³-hybridized carbons (Fsp3) is 0.500. The minimum Gasteiger partial charge on any atom is -0.494 e. The highest BCUT2D eigenvalue weighted by Gasteiger charge is 2.27. The third-order valence-corrected chi connectivity index (χ3v) is 6.55. The number of ether oxygens (including phenoxy) is 1. The zero-order chi connectivity index (χ0) is 19.4. The van der Waals surface area contributed by atoms with Crippen LogP contribution >= 0.6 is 0 Å². The molecular weight excluding hydrogens is 362 g/mol. The zero-order valence-corrected chi connectivity index (χ0v) is 17.1. The molecule has 7 heteroatoms. The van der Waals surface area contributed by atoms with E-state index in [4.69, 9.17) is 4.74 Å². The van der Waals surface area contributed by atoms with Crippen LogP contribution in [0.15, 0.2) is 41.4 Å². The molecule has 2 heterocycles. The average molecular weight is 392 g/mol. The summed E-state index contributed by atoms with van der Waals surface area (Å²) in [6.07, 6.45) is 4.32. The first-order chi connectivity index (χ1) is 12.9. The number of aryl methyl sites for hydroxylation is 2. The Morgan fingerprint density at radius 1 is 1.22 bits per heavy atom. The number of aromatic nitrogens is 1. The molecule has 0 amide bonds. The number of likely N-dealkylation sites (tertiary alicyclic amines) is 1. The van der Waals surface area contributed by atoms with Crippen LogP contribution in [0.1, 0.15) is 37.1 Å².